The number of hydrogen-bond acceptors (Lipinski definition) is 3. The summed E-state index contributed by atoms with van der Waals surface area (Å²) in [6.45, 7) is 1.34. The van der Waals surface area contributed by atoms with Crippen LogP contribution >= 0.6 is 0 Å². The molecule has 0 saturated heterocycles. The predicted octanol–water partition coefficient (Wildman–Crippen LogP) is 4.05. The van der Waals surface area contributed by atoms with Gasteiger partial charge in [0.25, 0.3) is 0 Å². The van der Waals surface area contributed by atoms with Gasteiger partial charge in [0.2, 0.25) is 0 Å². The third-order valence-electron chi connectivity index (χ3n) is 4.03. The van der Waals surface area contributed by atoms with Crippen molar-refractivity contribution in [1.29, 1.82) is 0 Å². The number of hydrogen-bond donors (Lipinski definition) is 1. The normalized spacial score (nSPS) is 17.5. The number of ether oxygens (including phenoxy) is 1. The quantitative estimate of drug-likeness (QED) is 0.846. The molecule has 3 heteroatoms. The second-order valence-electron chi connectivity index (χ2n) is 5.68. The zero-order chi connectivity index (χ0) is 15.2. The molecule has 114 valence electrons. The van der Waals surface area contributed by atoms with Gasteiger partial charge in [0.1, 0.15) is 0 Å². The molecule has 0 bridgehead atoms. The zero-order valence-electron chi connectivity index (χ0n) is 12.6. The van der Waals surface area contributed by atoms with E-state index in [4.69, 9.17) is 4.74 Å². The Bertz CT molecular complexity index is 624. The largest absolute Gasteiger partial charge is 0.382 e. The van der Waals surface area contributed by atoms with Gasteiger partial charge in [-0.15, -0.1) is 0 Å². The number of ketones is 1. The van der Waals surface area contributed by atoms with E-state index in [1.807, 2.05) is 42.5 Å². The molecular formula is C19H21NO2. The Morgan fingerprint density at radius 1 is 1.05 bits per heavy atom. The lowest BCUT2D eigenvalue weighted by atomic mass is 10.0. The van der Waals surface area contributed by atoms with Crippen LogP contribution in [-0.2, 0) is 11.3 Å². The summed E-state index contributed by atoms with van der Waals surface area (Å²) in [6, 6.07) is 18.3. The summed E-state index contributed by atoms with van der Waals surface area (Å²) in [5, 5.41) is 3.49. The van der Waals surface area contributed by atoms with Crippen LogP contribution in [0.2, 0.25) is 0 Å². The van der Waals surface area contributed by atoms with Gasteiger partial charge in [-0.3, -0.25) is 4.79 Å². The summed E-state index contributed by atoms with van der Waals surface area (Å²) < 4.78 is 5.75. The minimum absolute atomic E-state index is 0.232. The van der Waals surface area contributed by atoms with Crippen LogP contribution in [0.4, 0.5) is 5.69 Å². The number of anilines is 1. The molecule has 0 amide bonds. The van der Waals surface area contributed by atoms with Crippen molar-refractivity contribution in [2.24, 2.45) is 0 Å². The minimum atomic E-state index is 0.232. The third-order valence-corrected chi connectivity index (χ3v) is 4.03. The fourth-order valence-corrected chi connectivity index (χ4v) is 2.79. The molecule has 0 aliphatic carbocycles. The molecule has 1 heterocycles. The van der Waals surface area contributed by atoms with Crippen molar-refractivity contribution in [3.05, 3.63) is 65.7 Å². The Balaban J connectivity index is 1.50. The molecule has 0 fully saturated rings. The van der Waals surface area contributed by atoms with Crippen LogP contribution in [0, 0.1) is 0 Å². The molecule has 2 aromatic carbocycles. The summed E-state index contributed by atoms with van der Waals surface area (Å²) in [6.07, 6.45) is 2.38. The molecule has 3 rings (SSSR count). The third kappa shape index (κ3) is 3.74. The maximum atomic E-state index is 12.1. The monoisotopic (exact) mass is 295 g/mol. The molecule has 1 aliphatic heterocycles. The number of Topliss-reactive ketones (excluding diaryl/α,β-unsaturated/α-hetero) is 1. The molecule has 22 heavy (non-hydrogen) atoms. The van der Waals surface area contributed by atoms with E-state index < -0.39 is 0 Å². The van der Waals surface area contributed by atoms with E-state index in [9.17, 15) is 4.79 Å². The number of carbonyl (C=O) groups excluding carboxylic acids is 1. The number of fused-ring (bicyclic) bond motifs is 1. The first kappa shape index (κ1) is 14.8. The van der Waals surface area contributed by atoms with Crippen LogP contribution in [0.3, 0.4) is 0 Å². The SMILES string of the molecule is O=C1CC[C@@H](CCOCc2ccccc2)Nc2ccccc21. The van der Waals surface area contributed by atoms with E-state index in [1.165, 1.54) is 5.56 Å². The number of para-hydroxylation sites is 1. The number of benzene rings is 2. The van der Waals surface area contributed by atoms with Gasteiger partial charge in [-0.1, -0.05) is 42.5 Å². The van der Waals surface area contributed by atoms with Gasteiger partial charge < -0.3 is 10.1 Å². The van der Waals surface area contributed by atoms with E-state index >= 15 is 0 Å². The van der Waals surface area contributed by atoms with E-state index in [-0.39, 0.29) is 5.78 Å². The smallest absolute Gasteiger partial charge is 0.165 e. The summed E-state index contributed by atoms with van der Waals surface area (Å²) >= 11 is 0. The van der Waals surface area contributed by atoms with Gasteiger partial charge in [0.05, 0.1) is 6.61 Å². The Morgan fingerprint density at radius 3 is 2.68 bits per heavy atom. The van der Waals surface area contributed by atoms with Crippen molar-refractivity contribution < 1.29 is 9.53 Å². The Labute approximate surface area is 131 Å². The summed E-state index contributed by atoms with van der Waals surface area (Å²) in [4.78, 5) is 12.1. The van der Waals surface area contributed by atoms with E-state index in [2.05, 4.69) is 17.4 Å². The number of nitrogens with one attached hydrogen (secondary N) is 1. The Hall–Kier alpha value is -2.13. The van der Waals surface area contributed by atoms with E-state index in [0.29, 0.717) is 25.7 Å². The van der Waals surface area contributed by atoms with Gasteiger partial charge >= 0.3 is 0 Å². The zero-order valence-corrected chi connectivity index (χ0v) is 12.6. The van der Waals surface area contributed by atoms with Crippen LogP contribution in [0.25, 0.3) is 0 Å². The molecule has 0 saturated carbocycles. The molecular weight excluding hydrogens is 274 g/mol. The fourth-order valence-electron chi connectivity index (χ4n) is 2.79. The van der Waals surface area contributed by atoms with Crippen molar-refractivity contribution in [3.63, 3.8) is 0 Å². The fraction of sp³-hybridized carbons (Fsp3) is 0.316. The highest BCUT2D eigenvalue weighted by Crippen LogP contribution is 2.24. The average Bonchev–Trinajstić information content (AvgIpc) is 2.72. The topological polar surface area (TPSA) is 38.3 Å². The molecule has 0 spiro atoms. The Morgan fingerprint density at radius 2 is 1.82 bits per heavy atom. The molecule has 1 atom stereocenters. The molecule has 0 unspecified atom stereocenters. The van der Waals surface area contributed by atoms with Crippen molar-refractivity contribution in [1.82, 2.24) is 0 Å². The Kier molecular flexibility index (Phi) is 4.86. The second kappa shape index (κ2) is 7.23. The van der Waals surface area contributed by atoms with Crippen LogP contribution < -0.4 is 5.32 Å². The first-order chi connectivity index (χ1) is 10.8. The van der Waals surface area contributed by atoms with Crippen LogP contribution in [0.1, 0.15) is 35.2 Å². The molecule has 0 radical (unpaired) electrons. The highest BCUT2D eigenvalue weighted by molar-refractivity contribution is 6.01. The van der Waals surface area contributed by atoms with Gasteiger partial charge in [-0.25, -0.2) is 0 Å². The van der Waals surface area contributed by atoms with E-state index in [0.717, 1.165) is 24.1 Å². The number of carbonyl (C=O) groups is 1. The second-order valence-corrected chi connectivity index (χ2v) is 5.68. The molecule has 0 aromatic heterocycles. The maximum absolute atomic E-state index is 12.1. The van der Waals surface area contributed by atoms with Crippen molar-refractivity contribution in [2.75, 3.05) is 11.9 Å². The van der Waals surface area contributed by atoms with Crippen LogP contribution in [0.5, 0.6) is 0 Å². The average molecular weight is 295 g/mol. The molecule has 1 aliphatic rings. The summed E-state index contributed by atoms with van der Waals surface area (Å²) in [5.74, 6) is 0.232. The predicted molar refractivity (Wildman–Crippen MR) is 88.1 cm³/mol. The van der Waals surface area contributed by atoms with Crippen LogP contribution in [0.15, 0.2) is 54.6 Å². The summed E-state index contributed by atoms with van der Waals surface area (Å²) in [5.41, 5.74) is 2.96. The molecule has 1 N–H and O–H groups in total. The highest BCUT2D eigenvalue weighted by Gasteiger charge is 2.20. The molecule has 3 nitrogen and oxygen atoms in total. The van der Waals surface area contributed by atoms with E-state index in [1.54, 1.807) is 0 Å². The van der Waals surface area contributed by atoms with Gasteiger partial charge in [-0.2, -0.15) is 0 Å². The standard InChI is InChI=1S/C19H21NO2/c21-19-11-10-16(20-18-9-5-4-8-17(18)19)12-13-22-14-15-6-2-1-3-7-15/h1-9,16,20H,10-14H2/t16-/m0/s1. The van der Waals surface area contributed by atoms with Gasteiger partial charge in [-0.05, 0) is 30.5 Å². The highest BCUT2D eigenvalue weighted by atomic mass is 16.5. The first-order valence-electron chi connectivity index (χ1n) is 7.83. The minimum Gasteiger partial charge on any atom is -0.382 e. The van der Waals surface area contributed by atoms with Gasteiger partial charge in [0.15, 0.2) is 5.78 Å². The maximum Gasteiger partial charge on any atom is 0.165 e. The summed E-state index contributed by atoms with van der Waals surface area (Å²) in [7, 11) is 0. The molecule has 2 aromatic rings. The number of rotatable bonds is 5. The lowest BCUT2D eigenvalue weighted by molar-refractivity contribution is 0.0973. The lowest BCUT2D eigenvalue weighted by Gasteiger charge is -2.17. The van der Waals surface area contributed by atoms with Crippen molar-refractivity contribution in [2.45, 2.75) is 31.9 Å². The first-order valence-corrected chi connectivity index (χ1v) is 7.83. The van der Waals surface area contributed by atoms with Crippen molar-refractivity contribution in [3.8, 4) is 0 Å². The van der Waals surface area contributed by atoms with Gasteiger partial charge in [0, 0.05) is 30.3 Å². The van der Waals surface area contributed by atoms with Crippen molar-refractivity contribution >= 4 is 11.5 Å². The lowest BCUT2D eigenvalue weighted by Crippen LogP contribution is -2.20. The van der Waals surface area contributed by atoms with Crippen LogP contribution in [-0.4, -0.2) is 18.4 Å².